The second-order valence-electron chi connectivity index (χ2n) is 4.33. The Morgan fingerprint density at radius 1 is 1.30 bits per heavy atom. The number of aryl methyl sites for hydroxylation is 1. The van der Waals surface area contributed by atoms with E-state index in [0.29, 0.717) is 17.8 Å². The number of nitrogens with zero attached hydrogens (tertiary/aromatic N) is 2. The van der Waals surface area contributed by atoms with Crippen LogP contribution in [0.25, 0.3) is 0 Å². The summed E-state index contributed by atoms with van der Waals surface area (Å²) in [6.45, 7) is 1.79. The predicted octanol–water partition coefficient (Wildman–Crippen LogP) is 2.58. The van der Waals surface area contributed by atoms with Gasteiger partial charge in [-0.25, -0.2) is 4.98 Å². The Kier molecular flexibility index (Phi) is 4.27. The second kappa shape index (κ2) is 6.12. The number of hydrogen-bond acceptors (Lipinski definition) is 5. The fourth-order valence-electron chi connectivity index (χ4n) is 1.90. The number of rotatable bonds is 5. The summed E-state index contributed by atoms with van der Waals surface area (Å²) in [5.74, 6) is 0.209. The van der Waals surface area contributed by atoms with Gasteiger partial charge in [0.2, 0.25) is 5.82 Å². The molecule has 0 fully saturated rings. The van der Waals surface area contributed by atoms with E-state index in [1.54, 1.807) is 19.1 Å². The number of nitro groups is 1. The summed E-state index contributed by atoms with van der Waals surface area (Å²) in [4.78, 5) is 14.7. The standard InChI is InChI=1S/C14H15N3O3/c1-10-6-7-13(17(19)20)14(15-10)16-12-5-3-2-4-11(12)8-9-18/h2-7,18H,8-9H2,1H3,(H,15,16). The molecule has 1 aromatic heterocycles. The second-order valence-corrected chi connectivity index (χ2v) is 4.33. The molecule has 6 nitrogen and oxygen atoms in total. The average Bonchev–Trinajstić information content (AvgIpc) is 2.41. The third kappa shape index (κ3) is 3.10. The lowest BCUT2D eigenvalue weighted by atomic mass is 10.1. The summed E-state index contributed by atoms with van der Waals surface area (Å²) in [6.07, 6.45) is 0.475. The molecule has 1 heterocycles. The zero-order chi connectivity index (χ0) is 14.5. The highest BCUT2D eigenvalue weighted by Gasteiger charge is 2.16. The molecule has 0 unspecified atom stereocenters. The van der Waals surface area contributed by atoms with E-state index in [1.807, 2.05) is 18.2 Å². The number of hydrogen-bond donors (Lipinski definition) is 2. The van der Waals surface area contributed by atoms with Crippen molar-refractivity contribution in [3.05, 3.63) is 57.8 Å². The molecule has 6 heteroatoms. The minimum absolute atomic E-state index is 0.0159. The summed E-state index contributed by atoms with van der Waals surface area (Å²) in [6, 6.07) is 10.4. The molecule has 2 rings (SSSR count). The van der Waals surface area contributed by atoms with Crippen molar-refractivity contribution >= 4 is 17.2 Å². The van der Waals surface area contributed by atoms with Crippen molar-refractivity contribution in [3.8, 4) is 0 Å². The quantitative estimate of drug-likeness (QED) is 0.645. The summed E-state index contributed by atoms with van der Waals surface area (Å²) in [5.41, 5.74) is 2.21. The van der Waals surface area contributed by atoms with E-state index in [2.05, 4.69) is 10.3 Å². The van der Waals surface area contributed by atoms with Gasteiger partial charge in [-0.15, -0.1) is 0 Å². The number of aromatic nitrogens is 1. The van der Waals surface area contributed by atoms with Gasteiger partial charge in [0, 0.05) is 24.1 Å². The molecule has 2 aromatic rings. The van der Waals surface area contributed by atoms with Gasteiger partial charge in [-0.1, -0.05) is 18.2 Å². The molecular weight excluding hydrogens is 258 g/mol. The van der Waals surface area contributed by atoms with E-state index >= 15 is 0 Å². The molecule has 0 aliphatic heterocycles. The first-order valence-corrected chi connectivity index (χ1v) is 6.19. The maximum atomic E-state index is 11.0. The van der Waals surface area contributed by atoms with Crippen LogP contribution in [0.5, 0.6) is 0 Å². The fraction of sp³-hybridized carbons (Fsp3) is 0.214. The predicted molar refractivity (Wildman–Crippen MR) is 76.1 cm³/mol. The molecule has 1 aromatic carbocycles. The molecule has 0 amide bonds. The van der Waals surface area contributed by atoms with Gasteiger partial charge in [0.1, 0.15) is 0 Å². The van der Waals surface area contributed by atoms with Gasteiger partial charge in [0.15, 0.2) is 0 Å². The molecule has 0 radical (unpaired) electrons. The van der Waals surface area contributed by atoms with Gasteiger partial charge < -0.3 is 10.4 Å². The highest BCUT2D eigenvalue weighted by molar-refractivity contribution is 5.67. The van der Waals surface area contributed by atoms with Crippen molar-refractivity contribution in [3.63, 3.8) is 0 Å². The molecule has 0 atom stereocenters. The van der Waals surface area contributed by atoms with E-state index in [9.17, 15) is 10.1 Å². The monoisotopic (exact) mass is 273 g/mol. The van der Waals surface area contributed by atoms with Crippen LogP contribution < -0.4 is 5.32 Å². The van der Waals surface area contributed by atoms with Crippen LogP contribution in [0.2, 0.25) is 0 Å². The summed E-state index contributed by atoms with van der Waals surface area (Å²) in [5, 5.41) is 23.0. The van der Waals surface area contributed by atoms with Crippen molar-refractivity contribution in [2.75, 3.05) is 11.9 Å². The van der Waals surface area contributed by atoms with Crippen molar-refractivity contribution < 1.29 is 10.0 Å². The molecule has 0 saturated carbocycles. The lowest BCUT2D eigenvalue weighted by Gasteiger charge is -2.11. The zero-order valence-corrected chi connectivity index (χ0v) is 11.0. The van der Waals surface area contributed by atoms with Crippen LogP contribution in [0.4, 0.5) is 17.2 Å². The Morgan fingerprint density at radius 3 is 2.75 bits per heavy atom. The average molecular weight is 273 g/mol. The third-order valence-corrected chi connectivity index (χ3v) is 2.86. The molecule has 2 N–H and O–H groups in total. The maximum Gasteiger partial charge on any atom is 0.311 e. The van der Waals surface area contributed by atoms with E-state index < -0.39 is 4.92 Å². The first-order valence-electron chi connectivity index (χ1n) is 6.19. The summed E-state index contributed by atoms with van der Waals surface area (Å²) in [7, 11) is 0. The highest BCUT2D eigenvalue weighted by Crippen LogP contribution is 2.27. The van der Waals surface area contributed by atoms with Crippen LogP contribution in [-0.2, 0) is 6.42 Å². The summed E-state index contributed by atoms with van der Waals surface area (Å²) < 4.78 is 0. The minimum Gasteiger partial charge on any atom is -0.396 e. The van der Waals surface area contributed by atoms with E-state index in [0.717, 1.165) is 5.56 Å². The summed E-state index contributed by atoms with van der Waals surface area (Å²) >= 11 is 0. The number of aliphatic hydroxyl groups is 1. The Hall–Kier alpha value is -2.47. The van der Waals surface area contributed by atoms with Gasteiger partial charge in [-0.05, 0) is 31.0 Å². The molecule has 0 aliphatic rings. The number of anilines is 2. The largest absolute Gasteiger partial charge is 0.396 e. The Morgan fingerprint density at radius 2 is 2.05 bits per heavy atom. The van der Waals surface area contributed by atoms with Crippen LogP contribution in [0, 0.1) is 17.0 Å². The molecule has 0 bridgehead atoms. The lowest BCUT2D eigenvalue weighted by molar-refractivity contribution is -0.384. The van der Waals surface area contributed by atoms with Crippen molar-refractivity contribution in [2.24, 2.45) is 0 Å². The first-order chi connectivity index (χ1) is 9.61. The Bertz CT molecular complexity index is 629. The van der Waals surface area contributed by atoms with Gasteiger partial charge in [0.25, 0.3) is 0 Å². The van der Waals surface area contributed by atoms with Crippen LogP contribution in [0.1, 0.15) is 11.3 Å². The number of aliphatic hydroxyl groups excluding tert-OH is 1. The highest BCUT2D eigenvalue weighted by atomic mass is 16.6. The fourth-order valence-corrected chi connectivity index (χ4v) is 1.90. The molecular formula is C14H15N3O3. The topological polar surface area (TPSA) is 88.3 Å². The SMILES string of the molecule is Cc1ccc([N+](=O)[O-])c(Nc2ccccc2CCO)n1. The van der Waals surface area contributed by atoms with Crippen LogP contribution in [0.15, 0.2) is 36.4 Å². The van der Waals surface area contributed by atoms with E-state index in [1.165, 1.54) is 6.07 Å². The van der Waals surface area contributed by atoms with Crippen molar-refractivity contribution in [2.45, 2.75) is 13.3 Å². The normalized spacial score (nSPS) is 10.3. The smallest absolute Gasteiger partial charge is 0.311 e. The Balaban J connectivity index is 2.39. The molecule has 104 valence electrons. The Labute approximate surface area is 116 Å². The first kappa shape index (κ1) is 14.0. The molecule has 0 spiro atoms. The number of benzene rings is 1. The van der Waals surface area contributed by atoms with Gasteiger partial charge in [0.05, 0.1) is 4.92 Å². The van der Waals surface area contributed by atoms with Gasteiger partial charge >= 0.3 is 5.69 Å². The van der Waals surface area contributed by atoms with Crippen molar-refractivity contribution in [1.82, 2.24) is 4.98 Å². The van der Waals surface area contributed by atoms with E-state index in [-0.39, 0.29) is 18.1 Å². The molecule has 0 aliphatic carbocycles. The zero-order valence-electron chi connectivity index (χ0n) is 11.0. The maximum absolute atomic E-state index is 11.0. The van der Waals surface area contributed by atoms with Crippen LogP contribution >= 0.6 is 0 Å². The van der Waals surface area contributed by atoms with Crippen LogP contribution in [0.3, 0.4) is 0 Å². The minimum atomic E-state index is -0.469. The van der Waals surface area contributed by atoms with Crippen molar-refractivity contribution in [1.29, 1.82) is 0 Å². The third-order valence-electron chi connectivity index (χ3n) is 2.86. The number of para-hydroxylation sites is 1. The number of pyridine rings is 1. The van der Waals surface area contributed by atoms with Gasteiger partial charge in [-0.3, -0.25) is 10.1 Å². The molecule has 0 saturated heterocycles. The van der Waals surface area contributed by atoms with Crippen LogP contribution in [-0.4, -0.2) is 21.6 Å². The van der Waals surface area contributed by atoms with E-state index in [4.69, 9.17) is 5.11 Å². The molecule has 20 heavy (non-hydrogen) atoms. The lowest BCUT2D eigenvalue weighted by Crippen LogP contribution is -2.03. The van der Waals surface area contributed by atoms with Gasteiger partial charge in [-0.2, -0.15) is 0 Å². The number of nitrogens with one attached hydrogen (secondary N) is 1.